The van der Waals surface area contributed by atoms with Gasteiger partial charge in [-0.1, -0.05) is 65.8 Å². The number of rotatable bonds is 8. The van der Waals surface area contributed by atoms with Crippen LogP contribution in [0, 0.1) is 11.3 Å². The van der Waals surface area contributed by atoms with Crippen LogP contribution in [0.5, 0.6) is 5.75 Å². The lowest BCUT2D eigenvalue weighted by Crippen LogP contribution is -2.17. The molecular formula is C28H23N3O4. The Morgan fingerprint density at radius 1 is 0.971 bits per heavy atom. The number of nitriles is 1. The van der Waals surface area contributed by atoms with Crippen LogP contribution in [0.15, 0.2) is 94.5 Å². The van der Waals surface area contributed by atoms with Gasteiger partial charge in [0.15, 0.2) is 6.61 Å². The van der Waals surface area contributed by atoms with Gasteiger partial charge in [-0.05, 0) is 42.3 Å². The third-order valence-electron chi connectivity index (χ3n) is 5.28. The standard InChI is InChI=1S/C28H23N3O4/c1-19(20-13-15-23(33-2)16-14-20)31-34-18-25(32)30-28-24(17-29)26(21-9-5-3-6-10-21)27(35-28)22-11-7-4-8-12-22/h3-16H,18H2,1-2H3,(H,30,32)/b31-19-. The molecule has 0 bridgehead atoms. The number of oxime groups is 1. The van der Waals surface area contributed by atoms with Gasteiger partial charge >= 0.3 is 0 Å². The molecule has 0 saturated carbocycles. The second kappa shape index (κ2) is 10.9. The first-order chi connectivity index (χ1) is 17.1. The van der Waals surface area contributed by atoms with Crippen LogP contribution in [0.25, 0.3) is 22.5 Å². The van der Waals surface area contributed by atoms with Crippen LogP contribution in [0.1, 0.15) is 18.1 Å². The van der Waals surface area contributed by atoms with Gasteiger partial charge in [-0.2, -0.15) is 5.26 Å². The van der Waals surface area contributed by atoms with Crippen molar-refractivity contribution in [2.75, 3.05) is 19.0 Å². The summed E-state index contributed by atoms with van der Waals surface area (Å²) in [5.41, 5.74) is 3.89. The smallest absolute Gasteiger partial charge is 0.267 e. The van der Waals surface area contributed by atoms with E-state index in [4.69, 9.17) is 14.0 Å². The maximum Gasteiger partial charge on any atom is 0.267 e. The summed E-state index contributed by atoms with van der Waals surface area (Å²) in [6.45, 7) is 1.43. The number of anilines is 1. The highest BCUT2D eigenvalue weighted by Gasteiger charge is 2.24. The molecule has 0 aliphatic rings. The molecule has 0 spiro atoms. The molecule has 0 fully saturated rings. The van der Waals surface area contributed by atoms with Crippen molar-refractivity contribution >= 4 is 17.5 Å². The van der Waals surface area contributed by atoms with E-state index in [-0.39, 0.29) is 18.1 Å². The summed E-state index contributed by atoms with van der Waals surface area (Å²) < 4.78 is 11.2. The van der Waals surface area contributed by atoms with Crippen LogP contribution in [-0.2, 0) is 9.63 Å². The largest absolute Gasteiger partial charge is 0.497 e. The Morgan fingerprint density at radius 2 is 1.60 bits per heavy atom. The molecule has 0 aliphatic heterocycles. The van der Waals surface area contributed by atoms with Crippen molar-refractivity contribution in [1.82, 2.24) is 0 Å². The minimum absolute atomic E-state index is 0.0645. The molecule has 3 aromatic carbocycles. The van der Waals surface area contributed by atoms with Crippen molar-refractivity contribution in [1.29, 1.82) is 5.26 Å². The Morgan fingerprint density at radius 3 is 2.20 bits per heavy atom. The second-order valence-electron chi connectivity index (χ2n) is 7.58. The molecule has 174 valence electrons. The zero-order valence-electron chi connectivity index (χ0n) is 19.3. The highest BCUT2D eigenvalue weighted by molar-refractivity contribution is 5.99. The quantitative estimate of drug-likeness (QED) is 0.259. The SMILES string of the molecule is COc1ccc(/C(C)=N\OCC(=O)Nc2oc(-c3ccccc3)c(-c3ccccc3)c2C#N)cc1. The van der Waals surface area contributed by atoms with Crippen LogP contribution in [0.4, 0.5) is 5.88 Å². The molecular weight excluding hydrogens is 442 g/mol. The fourth-order valence-corrected chi connectivity index (χ4v) is 3.53. The van der Waals surface area contributed by atoms with Gasteiger partial charge in [-0.15, -0.1) is 0 Å². The molecule has 4 aromatic rings. The van der Waals surface area contributed by atoms with Gasteiger partial charge in [0.25, 0.3) is 5.91 Å². The second-order valence-corrected chi connectivity index (χ2v) is 7.58. The molecule has 1 N–H and O–H groups in total. The van der Waals surface area contributed by atoms with E-state index in [0.717, 1.165) is 22.4 Å². The third kappa shape index (κ3) is 5.40. The van der Waals surface area contributed by atoms with Crippen molar-refractivity contribution in [3.05, 3.63) is 96.1 Å². The summed E-state index contributed by atoms with van der Waals surface area (Å²) >= 11 is 0. The predicted molar refractivity (Wildman–Crippen MR) is 134 cm³/mol. The normalized spacial score (nSPS) is 10.9. The fraction of sp³-hybridized carbons (Fsp3) is 0.107. The zero-order chi connectivity index (χ0) is 24.6. The van der Waals surface area contributed by atoms with Gasteiger partial charge in [-0.25, -0.2) is 0 Å². The number of methoxy groups -OCH3 is 1. The Labute approximate surface area is 203 Å². The number of furan rings is 1. The highest BCUT2D eigenvalue weighted by atomic mass is 16.6. The molecule has 0 unspecified atom stereocenters. The van der Waals surface area contributed by atoms with Crippen molar-refractivity contribution in [3.63, 3.8) is 0 Å². The number of ether oxygens (including phenoxy) is 1. The van der Waals surface area contributed by atoms with Crippen LogP contribution in [0.2, 0.25) is 0 Å². The average Bonchev–Trinajstić information content (AvgIpc) is 3.27. The summed E-state index contributed by atoms with van der Waals surface area (Å²) in [6.07, 6.45) is 0. The van der Waals surface area contributed by atoms with Gasteiger partial charge < -0.3 is 14.0 Å². The predicted octanol–water partition coefficient (Wildman–Crippen LogP) is 5.87. The first-order valence-electron chi connectivity index (χ1n) is 10.9. The molecule has 1 amide bonds. The van der Waals surface area contributed by atoms with Crippen molar-refractivity contribution in [2.24, 2.45) is 5.16 Å². The number of amides is 1. The van der Waals surface area contributed by atoms with Gasteiger partial charge in [0.1, 0.15) is 23.1 Å². The zero-order valence-corrected chi connectivity index (χ0v) is 19.3. The minimum Gasteiger partial charge on any atom is -0.497 e. The Kier molecular flexibility index (Phi) is 7.24. The van der Waals surface area contributed by atoms with E-state index in [9.17, 15) is 10.1 Å². The minimum atomic E-state index is -0.499. The Bertz CT molecular complexity index is 1370. The van der Waals surface area contributed by atoms with Crippen LogP contribution in [0.3, 0.4) is 0 Å². The van der Waals surface area contributed by atoms with E-state index in [2.05, 4.69) is 16.5 Å². The molecule has 1 heterocycles. The van der Waals surface area contributed by atoms with Gasteiger partial charge in [-0.3, -0.25) is 10.1 Å². The molecule has 35 heavy (non-hydrogen) atoms. The summed E-state index contributed by atoms with van der Waals surface area (Å²) in [4.78, 5) is 17.8. The molecule has 0 saturated heterocycles. The van der Waals surface area contributed by atoms with E-state index in [1.54, 1.807) is 14.0 Å². The molecule has 0 radical (unpaired) electrons. The summed E-state index contributed by atoms with van der Waals surface area (Å²) in [6, 6.07) is 28.4. The topological polar surface area (TPSA) is 96.8 Å². The lowest BCUT2D eigenvalue weighted by molar-refractivity contribution is -0.120. The van der Waals surface area contributed by atoms with Crippen LogP contribution >= 0.6 is 0 Å². The molecule has 7 heteroatoms. The van der Waals surface area contributed by atoms with E-state index < -0.39 is 5.91 Å². The van der Waals surface area contributed by atoms with Gasteiger partial charge in [0.05, 0.1) is 12.8 Å². The van der Waals surface area contributed by atoms with E-state index in [1.165, 1.54) is 0 Å². The lowest BCUT2D eigenvalue weighted by Gasteiger charge is -2.04. The summed E-state index contributed by atoms with van der Waals surface area (Å²) in [7, 11) is 1.60. The Balaban J connectivity index is 1.54. The number of carbonyl (C=O) groups is 1. The van der Waals surface area contributed by atoms with Crippen molar-refractivity contribution in [3.8, 4) is 34.3 Å². The third-order valence-corrected chi connectivity index (χ3v) is 5.28. The monoisotopic (exact) mass is 465 g/mol. The Hall–Kier alpha value is -4.83. The maximum absolute atomic E-state index is 12.6. The summed E-state index contributed by atoms with van der Waals surface area (Å²) in [5, 5.41) is 16.6. The lowest BCUT2D eigenvalue weighted by atomic mass is 9.98. The van der Waals surface area contributed by atoms with Crippen molar-refractivity contribution in [2.45, 2.75) is 6.92 Å². The van der Waals surface area contributed by atoms with Crippen LogP contribution in [-0.4, -0.2) is 25.3 Å². The van der Waals surface area contributed by atoms with E-state index in [0.29, 0.717) is 17.0 Å². The molecule has 1 aromatic heterocycles. The maximum atomic E-state index is 12.6. The van der Waals surface area contributed by atoms with Gasteiger partial charge in [0.2, 0.25) is 5.88 Å². The van der Waals surface area contributed by atoms with E-state index >= 15 is 0 Å². The first-order valence-corrected chi connectivity index (χ1v) is 10.9. The number of carbonyl (C=O) groups excluding carboxylic acids is 1. The molecule has 0 atom stereocenters. The molecule has 0 aliphatic carbocycles. The number of nitrogens with zero attached hydrogens (tertiary/aromatic N) is 2. The number of nitrogens with one attached hydrogen (secondary N) is 1. The van der Waals surface area contributed by atoms with E-state index in [1.807, 2.05) is 84.9 Å². The number of benzene rings is 3. The molecule has 7 nitrogen and oxygen atoms in total. The van der Waals surface area contributed by atoms with Crippen LogP contribution < -0.4 is 10.1 Å². The number of hydrogen-bond donors (Lipinski definition) is 1. The number of hydrogen-bond acceptors (Lipinski definition) is 6. The highest BCUT2D eigenvalue weighted by Crippen LogP contribution is 2.41. The fourth-order valence-electron chi connectivity index (χ4n) is 3.53. The molecule has 4 rings (SSSR count). The first kappa shape index (κ1) is 23.3. The van der Waals surface area contributed by atoms with Gasteiger partial charge in [0, 0.05) is 11.1 Å². The summed E-state index contributed by atoms with van der Waals surface area (Å²) in [5.74, 6) is 0.798. The van der Waals surface area contributed by atoms with Crippen molar-refractivity contribution < 1.29 is 18.8 Å². The average molecular weight is 466 g/mol.